The minimum absolute atomic E-state index is 0.756. The number of rotatable bonds is 4. The Morgan fingerprint density at radius 3 is 2.47 bits per heavy atom. The lowest BCUT2D eigenvalue weighted by Gasteiger charge is -2.11. The van der Waals surface area contributed by atoms with Crippen LogP contribution in [0.2, 0.25) is 0 Å². The third-order valence-electron chi connectivity index (χ3n) is 2.85. The van der Waals surface area contributed by atoms with Crippen molar-refractivity contribution >= 4 is 17.3 Å². The summed E-state index contributed by atoms with van der Waals surface area (Å²) < 4.78 is 0. The van der Waals surface area contributed by atoms with E-state index in [2.05, 4.69) is 59.6 Å². The lowest BCUT2D eigenvalue weighted by molar-refractivity contribution is 1.04. The molecule has 0 unspecified atom stereocenters. The number of aryl methyl sites for hydroxylation is 3. The minimum atomic E-state index is 0.756. The Morgan fingerprint density at radius 1 is 1.00 bits per heavy atom. The van der Waals surface area contributed by atoms with E-state index in [1.54, 1.807) is 0 Å². The molecule has 0 bridgehead atoms. The zero-order valence-electron chi connectivity index (χ0n) is 11.9. The van der Waals surface area contributed by atoms with Crippen molar-refractivity contribution in [3.8, 4) is 0 Å². The third-order valence-corrected chi connectivity index (χ3v) is 2.85. The summed E-state index contributed by atoms with van der Waals surface area (Å²) in [6, 6.07) is 8.27. The lowest BCUT2D eigenvalue weighted by Crippen LogP contribution is -2.04. The highest BCUT2D eigenvalue weighted by Gasteiger charge is 2.04. The van der Waals surface area contributed by atoms with E-state index in [1.807, 2.05) is 13.0 Å². The van der Waals surface area contributed by atoms with Crippen LogP contribution in [0.1, 0.15) is 23.9 Å². The zero-order valence-corrected chi connectivity index (χ0v) is 11.9. The van der Waals surface area contributed by atoms with Crippen molar-refractivity contribution in [3.63, 3.8) is 0 Å². The molecule has 19 heavy (non-hydrogen) atoms. The first kappa shape index (κ1) is 13.3. The van der Waals surface area contributed by atoms with Crippen molar-refractivity contribution in [1.29, 1.82) is 0 Å². The monoisotopic (exact) mass is 256 g/mol. The first-order valence-corrected chi connectivity index (χ1v) is 6.52. The Hall–Kier alpha value is -2.10. The second-order valence-electron chi connectivity index (χ2n) is 4.66. The molecule has 100 valence electrons. The summed E-state index contributed by atoms with van der Waals surface area (Å²) in [4.78, 5) is 8.76. The smallest absolute Gasteiger partial charge is 0.136 e. The van der Waals surface area contributed by atoms with Crippen LogP contribution in [-0.4, -0.2) is 16.5 Å². The molecule has 2 N–H and O–H groups in total. The topological polar surface area (TPSA) is 49.8 Å². The predicted octanol–water partition coefficient (Wildman–Crippen LogP) is 3.58. The first-order chi connectivity index (χ1) is 9.08. The van der Waals surface area contributed by atoms with Crippen LogP contribution in [0, 0.1) is 20.8 Å². The second-order valence-corrected chi connectivity index (χ2v) is 4.66. The average molecular weight is 256 g/mol. The van der Waals surface area contributed by atoms with Crippen molar-refractivity contribution < 1.29 is 0 Å². The van der Waals surface area contributed by atoms with Gasteiger partial charge < -0.3 is 10.6 Å². The van der Waals surface area contributed by atoms with Gasteiger partial charge in [-0.1, -0.05) is 12.1 Å². The molecule has 0 saturated heterocycles. The first-order valence-electron chi connectivity index (χ1n) is 6.52. The van der Waals surface area contributed by atoms with Crippen LogP contribution in [0.3, 0.4) is 0 Å². The van der Waals surface area contributed by atoms with E-state index in [0.29, 0.717) is 0 Å². The molecule has 0 aliphatic heterocycles. The fourth-order valence-electron chi connectivity index (χ4n) is 1.91. The highest BCUT2D eigenvalue weighted by molar-refractivity contribution is 5.63. The molecule has 2 rings (SSSR count). The summed E-state index contributed by atoms with van der Waals surface area (Å²) >= 11 is 0. The highest BCUT2D eigenvalue weighted by Crippen LogP contribution is 2.21. The molecule has 0 spiro atoms. The van der Waals surface area contributed by atoms with E-state index in [4.69, 9.17) is 0 Å². The van der Waals surface area contributed by atoms with Gasteiger partial charge >= 0.3 is 0 Å². The second kappa shape index (κ2) is 5.69. The molecular weight excluding hydrogens is 236 g/mol. The molecular formula is C15H20N4. The molecule has 0 atom stereocenters. The number of hydrogen-bond acceptors (Lipinski definition) is 4. The number of benzene rings is 1. The number of aromatic nitrogens is 2. The van der Waals surface area contributed by atoms with Crippen molar-refractivity contribution in [2.45, 2.75) is 27.7 Å². The van der Waals surface area contributed by atoms with E-state index in [9.17, 15) is 0 Å². The molecule has 0 aliphatic rings. The minimum Gasteiger partial charge on any atom is -0.370 e. The van der Waals surface area contributed by atoms with Crippen molar-refractivity contribution in [1.82, 2.24) is 9.97 Å². The van der Waals surface area contributed by atoms with Crippen LogP contribution in [0.15, 0.2) is 24.3 Å². The Balaban J connectivity index is 2.29. The van der Waals surface area contributed by atoms with Gasteiger partial charge in [-0.3, -0.25) is 0 Å². The van der Waals surface area contributed by atoms with Gasteiger partial charge in [0.2, 0.25) is 0 Å². The third kappa shape index (κ3) is 3.44. The molecule has 0 saturated carbocycles. The molecule has 0 aliphatic carbocycles. The number of hydrogen-bond donors (Lipinski definition) is 2. The Morgan fingerprint density at radius 2 is 1.74 bits per heavy atom. The molecule has 2 aromatic rings. The van der Waals surface area contributed by atoms with Crippen molar-refractivity contribution in [3.05, 3.63) is 41.2 Å². The lowest BCUT2D eigenvalue weighted by atomic mass is 10.1. The van der Waals surface area contributed by atoms with Crippen LogP contribution < -0.4 is 10.6 Å². The maximum Gasteiger partial charge on any atom is 0.136 e. The van der Waals surface area contributed by atoms with Crippen LogP contribution in [0.4, 0.5) is 17.3 Å². The number of nitrogens with one attached hydrogen (secondary N) is 2. The summed E-state index contributed by atoms with van der Waals surface area (Å²) in [5, 5.41) is 6.57. The van der Waals surface area contributed by atoms with E-state index in [1.165, 1.54) is 11.1 Å². The van der Waals surface area contributed by atoms with E-state index >= 15 is 0 Å². The van der Waals surface area contributed by atoms with Crippen LogP contribution in [0.5, 0.6) is 0 Å². The summed E-state index contributed by atoms with van der Waals surface area (Å²) in [5.74, 6) is 2.42. The largest absolute Gasteiger partial charge is 0.370 e. The van der Waals surface area contributed by atoms with Gasteiger partial charge in [-0.05, 0) is 44.9 Å². The van der Waals surface area contributed by atoms with Gasteiger partial charge in [0.05, 0.1) is 0 Å². The summed E-state index contributed by atoms with van der Waals surface area (Å²) in [5.41, 5.74) is 3.51. The average Bonchev–Trinajstić information content (AvgIpc) is 2.33. The van der Waals surface area contributed by atoms with E-state index in [-0.39, 0.29) is 0 Å². The van der Waals surface area contributed by atoms with Crippen LogP contribution >= 0.6 is 0 Å². The summed E-state index contributed by atoms with van der Waals surface area (Å²) in [7, 11) is 0. The molecule has 1 aromatic heterocycles. The van der Waals surface area contributed by atoms with Crippen molar-refractivity contribution in [2.75, 3.05) is 17.2 Å². The van der Waals surface area contributed by atoms with Gasteiger partial charge in [0, 0.05) is 18.3 Å². The molecule has 0 fully saturated rings. The van der Waals surface area contributed by atoms with Crippen molar-refractivity contribution in [2.24, 2.45) is 0 Å². The zero-order chi connectivity index (χ0) is 13.8. The maximum atomic E-state index is 4.42. The normalized spacial score (nSPS) is 10.3. The highest BCUT2D eigenvalue weighted by atomic mass is 15.1. The Bertz CT molecular complexity index is 578. The Kier molecular flexibility index (Phi) is 4.00. The SMILES string of the molecule is CCNc1cc(Nc2cc(C)ccc2C)nc(C)n1. The summed E-state index contributed by atoms with van der Waals surface area (Å²) in [6.45, 7) is 8.96. The quantitative estimate of drug-likeness (QED) is 0.878. The number of anilines is 3. The molecule has 0 radical (unpaired) electrons. The van der Waals surface area contributed by atoms with Gasteiger partial charge in [0.1, 0.15) is 17.5 Å². The van der Waals surface area contributed by atoms with Gasteiger partial charge in [0.25, 0.3) is 0 Å². The fourth-order valence-corrected chi connectivity index (χ4v) is 1.91. The molecule has 0 amide bonds. The summed E-state index contributed by atoms with van der Waals surface area (Å²) in [6.07, 6.45) is 0. The van der Waals surface area contributed by atoms with E-state index in [0.717, 1.165) is 29.7 Å². The number of nitrogens with zero attached hydrogens (tertiary/aromatic N) is 2. The maximum absolute atomic E-state index is 4.42. The molecule has 4 nitrogen and oxygen atoms in total. The standard InChI is InChI=1S/C15H20N4/c1-5-16-14-9-15(18-12(4)17-14)19-13-8-10(2)6-7-11(13)3/h6-9H,5H2,1-4H3,(H2,16,17,18,19). The molecule has 4 heteroatoms. The molecule has 1 heterocycles. The fraction of sp³-hybridized carbons (Fsp3) is 0.333. The van der Waals surface area contributed by atoms with Gasteiger partial charge in [-0.25, -0.2) is 9.97 Å². The van der Waals surface area contributed by atoms with Gasteiger partial charge in [-0.15, -0.1) is 0 Å². The predicted molar refractivity (Wildman–Crippen MR) is 80.1 cm³/mol. The van der Waals surface area contributed by atoms with E-state index < -0.39 is 0 Å². The van der Waals surface area contributed by atoms with Gasteiger partial charge in [-0.2, -0.15) is 0 Å². The molecule has 1 aromatic carbocycles. The van der Waals surface area contributed by atoms with Crippen LogP contribution in [0.25, 0.3) is 0 Å². The van der Waals surface area contributed by atoms with Crippen LogP contribution in [-0.2, 0) is 0 Å². The van der Waals surface area contributed by atoms with Gasteiger partial charge in [0.15, 0.2) is 0 Å². The Labute approximate surface area is 114 Å².